The normalized spacial score (nSPS) is 13.5. The fraction of sp³-hybridized carbons (Fsp3) is 0.188. The number of hydrogen-bond acceptors (Lipinski definition) is 2. The molecular formula is C16H15NO2. The van der Waals surface area contributed by atoms with Crippen molar-refractivity contribution in [3.63, 3.8) is 0 Å². The summed E-state index contributed by atoms with van der Waals surface area (Å²) >= 11 is 0. The molecule has 96 valence electrons. The van der Waals surface area contributed by atoms with Gasteiger partial charge in [0.05, 0.1) is 5.69 Å². The van der Waals surface area contributed by atoms with Crippen LogP contribution >= 0.6 is 0 Å². The topological polar surface area (TPSA) is 38.3 Å². The molecule has 0 bridgehead atoms. The third kappa shape index (κ3) is 2.19. The van der Waals surface area contributed by atoms with Gasteiger partial charge in [-0.05, 0) is 42.7 Å². The Morgan fingerprint density at radius 1 is 1.11 bits per heavy atom. The van der Waals surface area contributed by atoms with Gasteiger partial charge in [0.25, 0.3) is 5.91 Å². The van der Waals surface area contributed by atoms with E-state index in [1.165, 1.54) is 16.7 Å². The van der Waals surface area contributed by atoms with Crippen molar-refractivity contribution >= 4 is 11.6 Å². The highest BCUT2D eigenvalue weighted by molar-refractivity contribution is 5.96. The number of carbonyl (C=O) groups excluding carboxylic acids is 1. The van der Waals surface area contributed by atoms with Crippen LogP contribution in [0, 0.1) is 13.8 Å². The summed E-state index contributed by atoms with van der Waals surface area (Å²) in [5.74, 6) is 0.624. The van der Waals surface area contributed by atoms with Crippen LogP contribution in [0.4, 0.5) is 5.69 Å². The lowest BCUT2D eigenvalue weighted by Gasteiger charge is -2.19. The van der Waals surface area contributed by atoms with E-state index in [9.17, 15) is 4.79 Å². The molecule has 0 radical (unpaired) electrons. The fourth-order valence-corrected chi connectivity index (χ4v) is 2.39. The molecule has 0 aromatic heterocycles. The molecule has 0 atom stereocenters. The van der Waals surface area contributed by atoms with E-state index in [-0.39, 0.29) is 12.5 Å². The molecule has 1 heterocycles. The largest absolute Gasteiger partial charge is 0.482 e. The van der Waals surface area contributed by atoms with E-state index in [4.69, 9.17) is 4.74 Å². The summed E-state index contributed by atoms with van der Waals surface area (Å²) in [5, 5.41) is 2.84. The van der Waals surface area contributed by atoms with E-state index in [0.29, 0.717) is 0 Å². The summed E-state index contributed by atoms with van der Waals surface area (Å²) in [6, 6.07) is 12.3. The maximum absolute atomic E-state index is 11.3. The van der Waals surface area contributed by atoms with E-state index in [2.05, 4.69) is 37.4 Å². The standard InChI is InChI=1S/C16H15NO2/c1-10-3-5-13(11(2)7-10)12-4-6-15-14(8-12)17-16(18)9-19-15/h3-8H,9H2,1-2H3,(H,17,18). The van der Waals surface area contributed by atoms with Gasteiger partial charge in [-0.2, -0.15) is 0 Å². The lowest BCUT2D eigenvalue weighted by atomic mass is 9.98. The number of hydrogen-bond donors (Lipinski definition) is 1. The van der Waals surface area contributed by atoms with Crippen molar-refractivity contribution in [3.8, 4) is 16.9 Å². The second-order valence-corrected chi connectivity index (χ2v) is 4.87. The average Bonchev–Trinajstić information content (AvgIpc) is 2.38. The number of fused-ring (bicyclic) bond motifs is 1. The van der Waals surface area contributed by atoms with E-state index in [1.54, 1.807) is 0 Å². The van der Waals surface area contributed by atoms with Crippen LogP contribution in [0.1, 0.15) is 11.1 Å². The Hall–Kier alpha value is -2.29. The van der Waals surface area contributed by atoms with Crippen molar-refractivity contribution in [2.45, 2.75) is 13.8 Å². The molecule has 0 saturated heterocycles. The van der Waals surface area contributed by atoms with Crippen LogP contribution in [-0.2, 0) is 4.79 Å². The molecule has 1 aliphatic rings. The number of ether oxygens (including phenoxy) is 1. The number of carbonyl (C=O) groups is 1. The summed E-state index contributed by atoms with van der Waals surface area (Å²) in [6.45, 7) is 4.27. The van der Waals surface area contributed by atoms with Gasteiger partial charge in [-0.3, -0.25) is 4.79 Å². The lowest BCUT2D eigenvalue weighted by Crippen LogP contribution is -2.25. The molecule has 3 rings (SSSR count). The summed E-state index contributed by atoms with van der Waals surface area (Å²) in [6.07, 6.45) is 0. The number of amides is 1. The second-order valence-electron chi connectivity index (χ2n) is 4.87. The van der Waals surface area contributed by atoms with Gasteiger partial charge in [-0.25, -0.2) is 0 Å². The number of aryl methyl sites for hydroxylation is 2. The van der Waals surface area contributed by atoms with E-state index < -0.39 is 0 Å². The van der Waals surface area contributed by atoms with Gasteiger partial charge in [-0.1, -0.05) is 29.8 Å². The lowest BCUT2D eigenvalue weighted by molar-refractivity contribution is -0.118. The molecule has 1 N–H and O–H groups in total. The molecule has 0 unspecified atom stereocenters. The van der Waals surface area contributed by atoms with Gasteiger partial charge in [0.1, 0.15) is 5.75 Å². The Labute approximate surface area is 112 Å². The summed E-state index contributed by atoms with van der Waals surface area (Å²) in [4.78, 5) is 11.3. The Balaban J connectivity index is 2.06. The summed E-state index contributed by atoms with van der Waals surface area (Å²) in [5.41, 5.74) is 5.47. The predicted octanol–water partition coefficient (Wildman–Crippen LogP) is 3.30. The number of nitrogens with one attached hydrogen (secondary N) is 1. The maximum Gasteiger partial charge on any atom is 0.262 e. The molecule has 0 aliphatic carbocycles. The monoisotopic (exact) mass is 253 g/mol. The average molecular weight is 253 g/mol. The zero-order valence-electron chi connectivity index (χ0n) is 11.0. The Bertz CT molecular complexity index is 662. The van der Waals surface area contributed by atoms with E-state index in [0.717, 1.165) is 17.0 Å². The molecule has 2 aromatic rings. The Morgan fingerprint density at radius 3 is 2.74 bits per heavy atom. The second kappa shape index (κ2) is 4.43. The van der Waals surface area contributed by atoms with Crippen LogP contribution in [0.25, 0.3) is 11.1 Å². The van der Waals surface area contributed by atoms with Crippen LogP contribution < -0.4 is 10.1 Å². The van der Waals surface area contributed by atoms with Crippen LogP contribution in [0.2, 0.25) is 0 Å². The van der Waals surface area contributed by atoms with Gasteiger partial charge < -0.3 is 10.1 Å². The van der Waals surface area contributed by atoms with E-state index in [1.807, 2.05) is 18.2 Å². The molecule has 0 spiro atoms. The molecule has 3 nitrogen and oxygen atoms in total. The molecule has 0 saturated carbocycles. The summed E-state index contributed by atoms with van der Waals surface area (Å²) in [7, 11) is 0. The first-order valence-corrected chi connectivity index (χ1v) is 6.28. The minimum absolute atomic E-state index is 0.0932. The van der Waals surface area contributed by atoms with Crippen molar-refractivity contribution in [2.24, 2.45) is 0 Å². The molecular weight excluding hydrogens is 238 g/mol. The Kier molecular flexibility index (Phi) is 2.75. The van der Waals surface area contributed by atoms with Crippen LogP contribution in [0.5, 0.6) is 5.75 Å². The van der Waals surface area contributed by atoms with Crippen LogP contribution in [0.15, 0.2) is 36.4 Å². The van der Waals surface area contributed by atoms with Gasteiger partial charge in [-0.15, -0.1) is 0 Å². The van der Waals surface area contributed by atoms with Crippen molar-refractivity contribution in [2.75, 3.05) is 11.9 Å². The summed E-state index contributed by atoms with van der Waals surface area (Å²) < 4.78 is 5.36. The van der Waals surface area contributed by atoms with Crippen molar-refractivity contribution < 1.29 is 9.53 Å². The minimum atomic E-state index is -0.106. The van der Waals surface area contributed by atoms with E-state index >= 15 is 0 Å². The fourth-order valence-electron chi connectivity index (χ4n) is 2.39. The number of rotatable bonds is 1. The minimum Gasteiger partial charge on any atom is -0.482 e. The van der Waals surface area contributed by atoms with Gasteiger partial charge in [0.15, 0.2) is 6.61 Å². The highest BCUT2D eigenvalue weighted by Gasteiger charge is 2.16. The number of benzene rings is 2. The zero-order valence-corrected chi connectivity index (χ0v) is 11.0. The maximum atomic E-state index is 11.3. The van der Waals surface area contributed by atoms with Gasteiger partial charge in [0.2, 0.25) is 0 Å². The van der Waals surface area contributed by atoms with Crippen molar-refractivity contribution in [1.29, 1.82) is 0 Å². The quantitative estimate of drug-likeness (QED) is 0.846. The third-order valence-electron chi connectivity index (χ3n) is 3.31. The Morgan fingerprint density at radius 2 is 1.95 bits per heavy atom. The number of anilines is 1. The highest BCUT2D eigenvalue weighted by Crippen LogP contribution is 2.33. The molecule has 19 heavy (non-hydrogen) atoms. The highest BCUT2D eigenvalue weighted by atomic mass is 16.5. The smallest absolute Gasteiger partial charge is 0.262 e. The SMILES string of the molecule is Cc1ccc(-c2ccc3c(c2)NC(=O)CO3)c(C)c1. The molecule has 0 fully saturated rings. The third-order valence-corrected chi connectivity index (χ3v) is 3.31. The molecule has 1 amide bonds. The molecule has 1 aliphatic heterocycles. The first kappa shape index (κ1) is 11.8. The van der Waals surface area contributed by atoms with Crippen molar-refractivity contribution in [3.05, 3.63) is 47.5 Å². The first-order chi connectivity index (χ1) is 9.13. The molecule has 2 aromatic carbocycles. The van der Waals surface area contributed by atoms with Gasteiger partial charge in [0, 0.05) is 0 Å². The van der Waals surface area contributed by atoms with Gasteiger partial charge >= 0.3 is 0 Å². The van der Waals surface area contributed by atoms with Crippen LogP contribution in [0.3, 0.4) is 0 Å². The first-order valence-electron chi connectivity index (χ1n) is 6.28. The predicted molar refractivity (Wildman–Crippen MR) is 75.5 cm³/mol. The van der Waals surface area contributed by atoms with Crippen LogP contribution in [-0.4, -0.2) is 12.5 Å². The van der Waals surface area contributed by atoms with Crippen molar-refractivity contribution in [1.82, 2.24) is 0 Å². The molecule has 3 heteroatoms. The zero-order chi connectivity index (χ0) is 13.4.